The highest BCUT2D eigenvalue weighted by atomic mass is 127. The summed E-state index contributed by atoms with van der Waals surface area (Å²) in [5, 5.41) is 0. The van der Waals surface area contributed by atoms with Gasteiger partial charge in [0.1, 0.15) is 11.4 Å². The van der Waals surface area contributed by atoms with Crippen LogP contribution in [0, 0.1) is 3.57 Å². The third-order valence-electron chi connectivity index (χ3n) is 2.97. The minimum atomic E-state index is -0.521. The zero-order chi connectivity index (χ0) is 12.0. The summed E-state index contributed by atoms with van der Waals surface area (Å²) >= 11 is 2.20. The fraction of sp³-hybridized carbons (Fsp3) is 0.333. The number of carbonyl (C=O) groups is 1. The monoisotopic (exact) mass is 343 g/mol. The number of halogens is 1. The quantitative estimate of drug-likeness (QED) is 0.581. The molecule has 1 aliphatic carbocycles. The first-order chi connectivity index (χ1) is 8.14. The Bertz CT molecular complexity index is 535. The molecule has 4 nitrogen and oxygen atoms in total. The molecule has 1 aromatic carbocycles. The Balaban J connectivity index is 2.10. The third kappa shape index (κ3) is 1.72. The molecule has 0 N–H and O–H groups in total. The van der Waals surface area contributed by atoms with Gasteiger partial charge in [-0.1, -0.05) is 0 Å². The van der Waals surface area contributed by atoms with Crippen LogP contribution in [0.4, 0.5) is 5.69 Å². The van der Waals surface area contributed by atoms with Crippen molar-refractivity contribution < 1.29 is 14.3 Å². The number of hydrogen-bond acceptors (Lipinski definition) is 4. The van der Waals surface area contributed by atoms with E-state index in [9.17, 15) is 4.79 Å². The van der Waals surface area contributed by atoms with Crippen LogP contribution in [0.25, 0.3) is 0 Å². The number of benzene rings is 1. The summed E-state index contributed by atoms with van der Waals surface area (Å²) in [5.74, 6) is 0.350. The Hall–Kier alpha value is -1.11. The van der Waals surface area contributed by atoms with Gasteiger partial charge in [-0.15, -0.1) is 0 Å². The summed E-state index contributed by atoms with van der Waals surface area (Å²) in [6.07, 6.45) is 1.65. The van der Waals surface area contributed by atoms with Crippen LogP contribution in [0.3, 0.4) is 0 Å². The Labute approximate surface area is 112 Å². The number of fused-ring (bicyclic) bond motifs is 1. The number of carbonyl (C=O) groups excluding carboxylic acids is 1. The van der Waals surface area contributed by atoms with E-state index >= 15 is 0 Å². The van der Waals surface area contributed by atoms with Crippen LogP contribution < -0.4 is 4.74 Å². The molecule has 88 valence electrons. The van der Waals surface area contributed by atoms with Crippen LogP contribution in [0.1, 0.15) is 12.8 Å². The molecule has 5 heteroatoms. The highest BCUT2D eigenvalue weighted by Crippen LogP contribution is 2.48. The summed E-state index contributed by atoms with van der Waals surface area (Å²) in [6.45, 7) is 0. The predicted octanol–water partition coefficient (Wildman–Crippen LogP) is 2.46. The first kappa shape index (κ1) is 11.0. The SMILES string of the molecule is COC(=O)C1=Nc2cc(I)ccc2OC12CC2. The van der Waals surface area contributed by atoms with E-state index in [4.69, 9.17) is 9.47 Å². The molecule has 3 rings (SSSR count). The first-order valence-corrected chi connectivity index (χ1v) is 6.38. The minimum absolute atomic E-state index is 0.396. The fourth-order valence-corrected chi connectivity index (χ4v) is 2.40. The molecule has 1 spiro atoms. The lowest BCUT2D eigenvalue weighted by molar-refractivity contribution is -0.133. The second-order valence-corrected chi connectivity index (χ2v) is 5.41. The average molecular weight is 343 g/mol. The number of esters is 1. The van der Waals surface area contributed by atoms with Crippen molar-refractivity contribution in [1.29, 1.82) is 0 Å². The zero-order valence-corrected chi connectivity index (χ0v) is 11.4. The summed E-state index contributed by atoms with van der Waals surface area (Å²) in [7, 11) is 1.37. The van der Waals surface area contributed by atoms with Crippen LogP contribution in [0.2, 0.25) is 0 Å². The van der Waals surface area contributed by atoms with Gasteiger partial charge in [-0.2, -0.15) is 0 Å². The molecule has 2 aliphatic rings. The molecular formula is C12H10INO3. The lowest BCUT2D eigenvalue weighted by Crippen LogP contribution is -2.38. The second-order valence-electron chi connectivity index (χ2n) is 4.16. The molecule has 0 saturated heterocycles. The van der Waals surface area contributed by atoms with Gasteiger partial charge < -0.3 is 9.47 Å². The van der Waals surface area contributed by atoms with E-state index in [0.717, 1.165) is 22.2 Å². The van der Waals surface area contributed by atoms with Gasteiger partial charge in [0.25, 0.3) is 0 Å². The number of aliphatic imine (C=N–C) groups is 1. The van der Waals surface area contributed by atoms with Gasteiger partial charge in [-0.25, -0.2) is 9.79 Å². The van der Waals surface area contributed by atoms with Crippen LogP contribution in [-0.2, 0) is 9.53 Å². The van der Waals surface area contributed by atoms with E-state index in [1.807, 2.05) is 18.2 Å². The van der Waals surface area contributed by atoms with E-state index in [-0.39, 0.29) is 0 Å². The molecule has 1 fully saturated rings. The Kier molecular flexibility index (Phi) is 2.39. The van der Waals surface area contributed by atoms with E-state index in [2.05, 4.69) is 27.6 Å². The van der Waals surface area contributed by atoms with E-state index < -0.39 is 11.6 Å². The van der Waals surface area contributed by atoms with Gasteiger partial charge in [0.2, 0.25) is 0 Å². The van der Waals surface area contributed by atoms with Crippen molar-refractivity contribution >= 4 is 40.0 Å². The molecule has 0 bridgehead atoms. The fourth-order valence-electron chi connectivity index (χ4n) is 1.93. The molecule has 1 heterocycles. The Morgan fingerprint density at radius 1 is 1.53 bits per heavy atom. The smallest absolute Gasteiger partial charge is 0.356 e. The molecule has 0 unspecified atom stereocenters. The zero-order valence-electron chi connectivity index (χ0n) is 9.20. The summed E-state index contributed by atoms with van der Waals surface area (Å²) in [6, 6.07) is 5.76. The molecule has 0 aromatic heterocycles. The molecule has 1 aliphatic heterocycles. The maximum absolute atomic E-state index is 11.7. The third-order valence-corrected chi connectivity index (χ3v) is 3.64. The van der Waals surface area contributed by atoms with E-state index in [0.29, 0.717) is 11.4 Å². The van der Waals surface area contributed by atoms with Gasteiger partial charge in [0, 0.05) is 3.57 Å². The molecule has 0 amide bonds. The molecule has 0 radical (unpaired) electrons. The van der Waals surface area contributed by atoms with Crippen molar-refractivity contribution in [2.75, 3.05) is 7.11 Å². The number of rotatable bonds is 1. The van der Waals surface area contributed by atoms with Crippen LogP contribution >= 0.6 is 22.6 Å². The van der Waals surface area contributed by atoms with Crippen molar-refractivity contribution in [3.8, 4) is 5.75 Å². The van der Waals surface area contributed by atoms with E-state index in [1.165, 1.54) is 7.11 Å². The van der Waals surface area contributed by atoms with Gasteiger partial charge in [0.05, 0.1) is 7.11 Å². The number of methoxy groups -OCH3 is 1. The van der Waals surface area contributed by atoms with Crippen LogP contribution in [-0.4, -0.2) is 24.4 Å². The number of ether oxygens (including phenoxy) is 2. The van der Waals surface area contributed by atoms with Crippen LogP contribution in [0.5, 0.6) is 5.75 Å². The van der Waals surface area contributed by atoms with E-state index in [1.54, 1.807) is 0 Å². The molecular weight excluding hydrogens is 333 g/mol. The van der Waals surface area contributed by atoms with Gasteiger partial charge in [-0.3, -0.25) is 0 Å². The highest BCUT2D eigenvalue weighted by molar-refractivity contribution is 14.1. The largest absolute Gasteiger partial charge is 0.478 e. The Morgan fingerprint density at radius 2 is 2.29 bits per heavy atom. The van der Waals surface area contributed by atoms with Crippen LogP contribution in [0.15, 0.2) is 23.2 Å². The van der Waals surface area contributed by atoms with Crippen molar-refractivity contribution in [2.24, 2.45) is 4.99 Å². The standard InChI is InChI=1S/C12H10INO3/c1-16-11(15)10-12(4-5-12)17-9-3-2-7(13)6-8(9)14-10/h2-3,6H,4-5H2,1H3. The first-order valence-electron chi connectivity index (χ1n) is 5.31. The minimum Gasteiger partial charge on any atom is -0.478 e. The van der Waals surface area contributed by atoms with Crippen molar-refractivity contribution in [3.05, 3.63) is 21.8 Å². The van der Waals surface area contributed by atoms with Gasteiger partial charge in [-0.05, 0) is 53.6 Å². The van der Waals surface area contributed by atoms with Crippen molar-refractivity contribution in [2.45, 2.75) is 18.4 Å². The molecule has 17 heavy (non-hydrogen) atoms. The second kappa shape index (κ2) is 3.69. The van der Waals surface area contributed by atoms with Crippen molar-refractivity contribution in [3.63, 3.8) is 0 Å². The summed E-state index contributed by atoms with van der Waals surface area (Å²) in [4.78, 5) is 16.1. The van der Waals surface area contributed by atoms with Gasteiger partial charge >= 0.3 is 5.97 Å². The summed E-state index contributed by atoms with van der Waals surface area (Å²) in [5.41, 5.74) is 0.580. The predicted molar refractivity (Wildman–Crippen MR) is 70.9 cm³/mol. The topological polar surface area (TPSA) is 47.9 Å². The van der Waals surface area contributed by atoms with Crippen molar-refractivity contribution in [1.82, 2.24) is 0 Å². The lowest BCUT2D eigenvalue weighted by Gasteiger charge is -2.24. The molecule has 0 atom stereocenters. The number of nitrogens with zero attached hydrogens (tertiary/aromatic N) is 1. The maximum atomic E-state index is 11.7. The highest BCUT2D eigenvalue weighted by Gasteiger charge is 2.55. The lowest BCUT2D eigenvalue weighted by atomic mass is 10.1. The number of hydrogen-bond donors (Lipinski definition) is 0. The maximum Gasteiger partial charge on any atom is 0.356 e. The molecule has 1 aromatic rings. The molecule has 1 saturated carbocycles. The average Bonchev–Trinajstić information content (AvgIpc) is 3.08. The summed E-state index contributed by atoms with van der Waals surface area (Å²) < 4.78 is 11.7. The van der Waals surface area contributed by atoms with Gasteiger partial charge in [0.15, 0.2) is 11.3 Å². The Morgan fingerprint density at radius 3 is 2.94 bits per heavy atom. The normalized spacial score (nSPS) is 19.1.